The van der Waals surface area contributed by atoms with Crippen LogP contribution in [0.25, 0.3) is 0 Å². The lowest BCUT2D eigenvalue weighted by Crippen LogP contribution is -2.46. The normalized spacial score (nSPS) is 26.4. The van der Waals surface area contributed by atoms with E-state index >= 15 is 0 Å². The summed E-state index contributed by atoms with van der Waals surface area (Å²) in [4.78, 5) is 0. The van der Waals surface area contributed by atoms with E-state index in [1.807, 2.05) is 0 Å². The summed E-state index contributed by atoms with van der Waals surface area (Å²) < 4.78 is 5.97. The summed E-state index contributed by atoms with van der Waals surface area (Å²) in [6, 6.07) is 8.54. The molecule has 0 aromatic heterocycles. The highest BCUT2D eigenvalue weighted by molar-refractivity contribution is 5.29. The third-order valence-corrected chi connectivity index (χ3v) is 5.36. The number of benzene rings is 1. The smallest absolute Gasteiger partial charge is 0.0820 e. The predicted octanol–water partition coefficient (Wildman–Crippen LogP) is 4.37. The zero-order valence-corrected chi connectivity index (χ0v) is 13.6. The molecule has 2 aliphatic rings. The summed E-state index contributed by atoms with van der Waals surface area (Å²) in [6.07, 6.45) is 5.29. The summed E-state index contributed by atoms with van der Waals surface area (Å²) in [5.41, 5.74) is 2.65. The van der Waals surface area contributed by atoms with E-state index < -0.39 is 0 Å². The molecule has 1 aromatic carbocycles. The van der Waals surface area contributed by atoms with E-state index in [4.69, 9.17) is 4.74 Å². The van der Waals surface area contributed by atoms with Crippen LogP contribution in [-0.4, -0.2) is 17.3 Å². The standard InChI is InChI=1S/C19H28O2/c1-18(2,3)16-7-5-14(6-8-16)17(20)15-9-12-21-19(13-15)10-4-11-19/h5-8,15,17,20H,4,9-13H2,1-3H3. The Morgan fingerprint density at radius 1 is 1.19 bits per heavy atom. The lowest BCUT2D eigenvalue weighted by molar-refractivity contribution is -0.157. The van der Waals surface area contributed by atoms with Gasteiger partial charge < -0.3 is 9.84 Å². The average Bonchev–Trinajstić information content (AvgIpc) is 2.44. The van der Waals surface area contributed by atoms with Crippen LogP contribution >= 0.6 is 0 Å². The molecule has 0 amide bonds. The maximum atomic E-state index is 10.7. The minimum Gasteiger partial charge on any atom is -0.388 e. The van der Waals surface area contributed by atoms with Crippen LogP contribution in [0.1, 0.15) is 70.1 Å². The van der Waals surface area contributed by atoms with E-state index in [1.54, 1.807) is 0 Å². The Morgan fingerprint density at radius 3 is 2.38 bits per heavy atom. The zero-order valence-electron chi connectivity index (χ0n) is 13.6. The van der Waals surface area contributed by atoms with Gasteiger partial charge in [0.25, 0.3) is 0 Å². The number of aliphatic hydroxyl groups excluding tert-OH is 1. The van der Waals surface area contributed by atoms with Crippen LogP contribution in [0.15, 0.2) is 24.3 Å². The second-order valence-corrected chi connectivity index (χ2v) is 7.95. The van der Waals surface area contributed by atoms with E-state index in [1.165, 1.54) is 24.8 Å². The van der Waals surface area contributed by atoms with Crippen molar-refractivity contribution >= 4 is 0 Å². The van der Waals surface area contributed by atoms with Crippen molar-refractivity contribution in [2.45, 2.75) is 70.0 Å². The zero-order chi connectivity index (χ0) is 15.1. The highest BCUT2D eigenvalue weighted by Gasteiger charge is 2.44. The Bertz CT molecular complexity index is 479. The molecule has 2 fully saturated rings. The largest absolute Gasteiger partial charge is 0.388 e. The van der Waals surface area contributed by atoms with Gasteiger partial charge in [0.2, 0.25) is 0 Å². The van der Waals surface area contributed by atoms with Gasteiger partial charge in [-0.05, 0) is 54.6 Å². The van der Waals surface area contributed by atoms with Gasteiger partial charge in [-0.25, -0.2) is 0 Å². The molecule has 1 aliphatic carbocycles. The Hall–Kier alpha value is -0.860. The third kappa shape index (κ3) is 3.02. The van der Waals surface area contributed by atoms with Gasteiger partial charge >= 0.3 is 0 Å². The molecular weight excluding hydrogens is 260 g/mol. The lowest BCUT2D eigenvalue weighted by Gasteiger charge is -2.48. The number of ether oxygens (including phenoxy) is 1. The SMILES string of the molecule is CC(C)(C)c1ccc(C(O)C2CCOC3(CCC3)C2)cc1. The first kappa shape index (κ1) is 15.1. The van der Waals surface area contributed by atoms with Crippen LogP contribution < -0.4 is 0 Å². The first-order valence-corrected chi connectivity index (χ1v) is 8.32. The minimum atomic E-state index is -0.347. The maximum Gasteiger partial charge on any atom is 0.0820 e. The van der Waals surface area contributed by atoms with Gasteiger partial charge in [-0.3, -0.25) is 0 Å². The van der Waals surface area contributed by atoms with Crippen molar-refractivity contribution in [2.75, 3.05) is 6.61 Å². The fourth-order valence-electron chi connectivity index (χ4n) is 3.71. The van der Waals surface area contributed by atoms with Crippen LogP contribution in [0.4, 0.5) is 0 Å². The molecule has 2 heteroatoms. The number of hydrogen-bond acceptors (Lipinski definition) is 2. The van der Waals surface area contributed by atoms with Gasteiger partial charge in [0.15, 0.2) is 0 Å². The van der Waals surface area contributed by atoms with Crippen molar-refractivity contribution in [1.29, 1.82) is 0 Å². The highest BCUT2D eigenvalue weighted by atomic mass is 16.5. The van der Waals surface area contributed by atoms with E-state index in [-0.39, 0.29) is 17.1 Å². The highest BCUT2D eigenvalue weighted by Crippen LogP contribution is 2.47. The Balaban J connectivity index is 1.71. The molecule has 21 heavy (non-hydrogen) atoms. The minimum absolute atomic E-state index is 0.106. The molecule has 1 heterocycles. The Kier molecular flexibility index (Phi) is 3.87. The molecule has 2 nitrogen and oxygen atoms in total. The van der Waals surface area contributed by atoms with Crippen LogP contribution in [-0.2, 0) is 10.2 Å². The molecule has 2 atom stereocenters. The average molecular weight is 288 g/mol. The molecule has 1 saturated heterocycles. The van der Waals surface area contributed by atoms with E-state index in [9.17, 15) is 5.11 Å². The van der Waals surface area contributed by atoms with Crippen LogP contribution in [0.5, 0.6) is 0 Å². The van der Waals surface area contributed by atoms with Crippen LogP contribution in [0, 0.1) is 5.92 Å². The van der Waals surface area contributed by atoms with Gasteiger partial charge in [-0.15, -0.1) is 0 Å². The fourth-order valence-corrected chi connectivity index (χ4v) is 3.71. The molecule has 1 spiro atoms. The van der Waals surface area contributed by atoms with Gasteiger partial charge in [0, 0.05) is 6.61 Å². The van der Waals surface area contributed by atoms with Crippen molar-refractivity contribution < 1.29 is 9.84 Å². The van der Waals surface area contributed by atoms with Gasteiger partial charge in [-0.2, -0.15) is 0 Å². The molecule has 1 aromatic rings. The van der Waals surface area contributed by atoms with E-state index in [0.717, 1.165) is 25.0 Å². The molecule has 116 valence electrons. The van der Waals surface area contributed by atoms with Gasteiger partial charge in [-0.1, -0.05) is 45.0 Å². The summed E-state index contributed by atoms with van der Waals surface area (Å²) in [5.74, 6) is 0.347. The summed E-state index contributed by atoms with van der Waals surface area (Å²) >= 11 is 0. The Morgan fingerprint density at radius 2 is 1.86 bits per heavy atom. The summed E-state index contributed by atoms with van der Waals surface area (Å²) in [7, 11) is 0. The maximum absolute atomic E-state index is 10.7. The number of hydrogen-bond donors (Lipinski definition) is 1. The third-order valence-electron chi connectivity index (χ3n) is 5.36. The second kappa shape index (κ2) is 5.40. The molecular formula is C19H28O2. The molecule has 1 aliphatic heterocycles. The predicted molar refractivity (Wildman–Crippen MR) is 85.4 cm³/mol. The van der Waals surface area contributed by atoms with Gasteiger partial charge in [0.05, 0.1) is 11.7 Å². The van der Waals surface area contributed by atoms with E-state index in [0.29, 0.717) is 5.92 Å². The quantitative estimate of drug-likeness (QED) is 0.875. The molecule has 2 unspecified atom stereocenters. The number of aliphatic hydroxyl groups is 1. The fraction of sp³-hybridized carbons (Fsp3) is 0.684. The Labute approximate surface area is 128 Å². The van der Waals surface area contributed by atoms with Crippen molar-refractivity contribution in [1.82, 2.24) is 0 Å². The van der Waals surface area contributed by atoms with Crippen LogP contribution in [0.2, 0.25) is 0 Å². The van der Waals surface area contributed by atoms with Gasteiger partial charge in [0.1, 0.15) is 0 Å². The van der Waals surface area contributed by atoms with Crippen molar-refractivity contribution in [2.24, 2.45) is 5.92 Å². The molecule has 1 N–H and O–H groups in total. The second-order valence-electron chi connectivity index (χ2n) is 7.95. The molecule has 1 saturated carbocycles. The molecule has 0 bridgehead atoms. The summed E-state index contributed by atoms with van der Waals surface area (Å²) in [6.45, 7) is 7.47. The summed E-state index contributed by atoms with van der Waals surface area (Å²) in [5, 5.41) is 10.7. The molecule has 3 rings (SSSR count). The molecule has 0 radical (unpaired) electrons. The van der Waals surface area contributed by atoms with Crippen molar-refractivity contribution in [3.8, 4) is 0 Å². The number of rotatable bonds is 2. The van der Waals surface area contributed by atoms with Crippen molar-refractivity contribution in [3.63, 3.8) is 0 Å². The van der Waals surface area contributed by atoms with Crippen LogP contribution in [0.3, 0.4) is 0 Å². The van der Waals surface area contributed by atoms with Crippen molar-refractivity contribution in [3.05, 3.63) is 35.4 Å². The first-order valence-electron chi connectivity index (χ1n) is 8.32. The van der Waals surface area contributed by atoms with E-state index in [2.05, 4.69) is 45.0 Å². The first-order chi connectivity index (χ1) is 9.90. The topological polar surface area (TPSA) is 29.5 Å². The lowest BCUT2D eigenvalue weighted by atomic mass is 9.70. The monoisotopic (exact) mass is 288 g/mol.